The molecule has 1 aliphatic rings. The first-order valence-electron chi connectivity index (χ1n) is 7.76. The van der Waals surface area contributed by atoms with Crippen LogP contribution in [0.25, 0.3) is 10.9 Å². The first-order valence-corrected chi connectivity index (χ1v) is 7.76. The number of benzene rings is 1. The summed E-state index contributed by atoms with van der Waals surface area (Å²) in [4.78, 5) is 4.97. The summed E-state index contributed by atoms with van der Waals surface area (Å²) in [6, 6.07) is 8.95. The van der Waals surface area contributed by atoms with Crippen LogP contribution in [0.2, 0.25) is 0 Å². The third kappa shape index (κ3) is 2.95. The van der Waals surface area contributed by atoms with Crippen molar-refractivity contribution in [1.29, 1.82) is 0 Å². The molecule has 2 heterocycles. The van der Waals surface area contributed by atoms with E-state index in [1.807, 2.05) is 11.7 Å². The van der Waals surface area contributed by atoms with Gasteiger partial charge in [0.15, 0.2) is 0 Å². The average Bonchev–Trinajstić information content (AvgIpc) is 2.84. The van der Waals surface area contributed by atoms with Gasteiger partial charge in [0.05, 0.1) is 11.2 Å². The summed E-state index contributed by atoms with van der Waals surface area (Å²) in [6.07, 6.45) is 0. The molecule has 3 rings (SSSR count). The van der Waals surface area contributed by atoms with Crippen LogP contribution in [0.3, 0.4) is 0 Å². The molecule has 1 fully saturated rings. The Labute approximate surface area is 126 Å². The van der Waals surface area contributed by atoms with Crippen molar-refractivity contribution in [2.24, 2.45) is 12.8 Å². The summed E-state index contributed by atoms with van der Waals surface area (Å²) in [5.41, 5.74) is 8.16. The number of fused-ring (bicyclic) bond motifs is 1. The van der Waals surface area contributed by atoms with E-state index < -0.39 is 0 Å². The van der Waals surface area contributed by atoms with Gasteiger partial charge in [-0.3, -0.25) is 14.5 Å². The number of para-hydroxylation sites is 1. The van der Waals surface area contributed by atoms with Crippen molar-refractivity contribution in [2.45, 2.75) is 19.5 Å². The van der Waals surface area contributed by atoms with Gasteiger partial charge in [-0.2, -0.15) is 5.10 Å². The standard InChI is InChI=1S/C16H25N5/c1-13(11-17)21-9-7-20(8-10-21)12-15-14-5-3-4-6-16(14)19(2)18-15/h3-6,13H,7-12,17H2,1-2H3. The van der Waals surface area contributed by atoms with Crippen LogP contribution in [0.15, 0.2) is 24.3 Å². The Kier molecular flexibility index (Phi) is 4.24. The van der Waals surface area contributed by atoms with Crippen molar-refractivity contribution in [3.63, 3.8) is 0 Å². The largest absolute Gasteiger partial charge is 0.329 e. The quantitative estimate of drug-likeness (QED) is 0.913. The lowest BCUT2D eigenvalue weighted by molar-refractivity contribution is 0.0998. The molecule has 1 unspecified atom stereocenters. The molecule has 1 saturated heterocycles. The van der Waals surface area contributed by atoms with Crippen LogP contribution in [-0.4, -0.2) is 58.3 Å². The molecular weight excluding hydrogens is 262 g/mol. The number of hydrogen-bond donors (Lipinski definition) is 1. The molecule has 1 aromatic heterocycles. The average molecular weight is 287 g/mol. The fourth-order valence-electron chi connectivity index (χ4n) is 3.13. The fourth-order valence-corrected chi connectivity index (χ4v) is 3.13. The lowest BCUT2D eigenvalue weighted by Crippen LogP contribution is -2.51. The van der Waals surface area contributed by atoms with Gasteiger partial charge in [-0.25, -0.2) is 0 Å². The SMILES string of the molecule is CC(CN)N1CCN(Cc2nn(C)c3ccccc23)CC1. The van der Waals surface area contributed by atoms with Crippen LogP contribution in [0.4, 0.5) is 0 Å². The van der Waals surface area contributed by atoms with Crippen molar-refractivity contribution in [3.05, 3.63) is 30.0 Å². The van der Waals surface area contributed by atoms with E-state index in [2.05, 4.69) is 41.0 Å². The van der Waals surface area contributed by atoms with Gasteiger partial charge in [-0.15, -0.1) is 0 Å². The Balaban J connectivity index is 1.67. The zero-order valence-corrected chi connectivity index (χ0v) is 13.0. The minimum absolute atomic E-state index is 0.489. The lowest BCUT2D eigenvalue weighted by atomic mass is 10.2. The lowest BCUT2D eigenvalue weighted by Gasteiger charge is -2.37. The molecule has 0 amide bonds. The molecular formula is C16H25N5. The molecule has 5 heteroatoms. The van der Waals surface area contributed by atoms with E-state index in [0.717, 1.165) is 39.3 Å². The van der Waals surface area contributed by atoms with Crippen molar-refractivity contribution < 1.29 is 0 Å². The molecule has 0 saturated carbocycles. The normalized spacial score (nSPS) is 19.2. The molecule has 2 aromatic rings. The number of aromatic nitrogens is 2. The molecule has 0 spiro atoms. The number of piperazine rings is 1. The molecule has 1 aromatic carbocycles. The third-order valence-corrected chi connectivity index (χ3v) is 4.58. The van der Waals surface area contributed by atoms with E-state index in [1.54, 1.807) is 0 Å². The summed E-state index contributed by atoms with van der Waals surface area (Å²) in [5.74, 6) is 0. The maximum atomic E-state index is 5.76. The van der Waals surface area contributed by atoms with E-state index in [0.29, 0.717) is 6.04 Å². The molecule has 0 aliphatic carbocycles. The minimum Gasteiger partial charge on any atom is -0.329 e. The first-order chi connectivity index (χ1) is 10.2. The zero-order valence-electron chi connectivity index (χ0n) is 13.0. The van der Waals surface area contributed by atoms with E-state index in [9.17, 15) is 0 Å². The highest BCUT2D eigenvalue weighted by atomic mass is 15.3. The van der Waals surface area contributed by atoms with Gasteiger partial charge in [0.25, 0.3) is 0 Å². The Morgan fingerprint density at radius 2 is 1.90 bits per heavy atom. The van der Waals surface area contributed by atoms with Crippen molar-refractivity contribution in [1.82, 2.24) is 19.6 Å². The molecule has 0 bridgehead atoms. The summed E-state index contributed by atoms with van der Waals surface area (Å²) in [7, 11) is 2.02. The molecule has 5 nitrogen and oxygen atoms in total. The summed E-state index contributed by atoms with van der Waals surface area (Å²) in [6.45, 7) is 8.27. The van der Waals surface area contributed by atoms with E-state index in [1.165, 1.54) is 16.6 Å². The Morgan fingerprint density at radius 1 is 1.19 bits per heavy atom. The summed E-state index contributed by atoms with van der Waals surface area (Å²) < 4.78 is 1.98. The van der Waals surface area contributed by atoms with Gasteiger partial charge in [0.2, 0.25) is 0 Å². The van der Waals surface area contributed by atoms with Gasteiger partial charge in [0.1, 0.15) is 0 Å². The summed E-state index contributed by atoms with van der Waals surface area (Å²) >= 11 is 0. The predicted octanol–water partition coefficient (Wildman–Crippen LogP) is 1.04. The van der Waals surface area contributed by atoms with Gasteiger partial charge in [-0.1, -0.05) is 18.2 Å². The van der Waals surface area contributed by atoms with Crippen LogP contribution in [-0.2, 0) is 13.6 Å². The van der Waals surface area contributed by atoms with Crippen LogP contribution in [0.1, 0.15) is 12.6 Å². The second-order valence-corrected chi connectivity index (χ2v) is 5.98. The molecule has 0 radical (unpaired) electrons. The van der Waals surface area contributed by atoms with Gasteiger partial charge >= 0.3 is 0 Å². The smallest absolute Gasteiger partial charge is 0.0843 e. The Hall–Kier alpha value is -1.43. The molecule has 2 N–H and O–H groups in total. The zero-order chi connectivity index (χ0) is 14.8. The van der Waals surface area contributed by atoms with Crippen molar-refractivity contribution >= 4 is 10.9 Å². The van der Waals surface area contributed by atoms with E-state index in [4.69, 9.17) is 10.8 Å². The van der Waals surface area contributed by atoms with Gasteiger partial charge < -0.3 is 5.73 Å². The number of rotatable bonds is 4. The van der Waals surface area contributed by atoms with Gasteiger partial charge in [0, 0.05) is 57.7 Å². The minimum atomic E-state index is 0.489. The van der Waals surface area contributed by atoms with E-state index >= 15 is 0 Å². The summed E-state index contributed by atoms with van der Waals surface area (Å²) in [5, 5.41) is 5.97. The van der Waals surface area contributed by atoms with Crippen LogP contribution in [0, 0.1) is 0 Å². The Bertz CT molecular complexity index is 598. The number of nitrogens with two attached hydrogens (primary N) is 1. The van der Waals surface area contributed by atoms with Crippen LogP contribution < -0.4 is 5.73 Å². The highest BCUT2D eigenvalue weighted by molar-refractivity contribution is 5.81. The third-order valence-electron chi connectivity index (χ3n) is 4.58. The number of nitrogens with zero attached hydrogens (tertiary/aromatic N) is 4. The Morgan fingerprint density at radius 3 is 2.62 bits per heavy atom. The second-order valence-electron chi connectivity index (χ2n) is 5.98. The highest BCUT2D eigenvalue weighted by Crippen LogP contribution is 2.19. The highest BCUT2D eigenvalue weighted by Gasteiger charge is 2.21. The monoisotopic (exact) mass is 287 g/mol. The van der Waals surface area contributed by atoms with E-state index in [-0.39, 0.29) is 0 Å². The molecule has 21 heavy (non-hydrogen) atoms. The fraction of sp³-hybridized carbons (Fsp3) is 0.562. The number of aryl methyl sites for hydroxylation is 1. The van der Waals surface area contributed by atoms with Gasteiger partial charge in [-0.05, 0) is 13.0 Å². The van der Waals surface area contributed by atoms with Crippen molar-refractivity contribution in [2.75, 3.05) is 32.7 Å². The molecule has 1 atom stereocenters. The molecule has 1 aliphatic heterocycles. The number of hydrogen-bond acceptors (Lipinski definition) is 4. The first kappa shape index (κ1) is 14.5. The van der Waals surface area contributed by atoms with Crippen LogP contribution >= 0.6 is 0 Å². The molecule has 114 valence electrons. The topological polar surface area (TPSA) is 50.3 Å². The van der Waals surface area contributed by atoms with Crippen LogP contribution in [0.5, 0.6) is 0 Å². The van der Waals surface area contributed by atoms with Crippen molar-refractivity contribution in [3.8, 4) is 0 Å². The maximum absolute atomic E-state index is 5.76. The maximum Gasteiger partial charge on any atom is 0.0843 e. The second kappa shape index (κ2) is 6.13. The predicted molar refractivity (Wildman–Crippen MR) is 86.1 cm³/mol.